The van der Waals surface area contributed by atoms with E-state index >= 15 is 0 Å². The predicted molar refractivity (Wildman–Crippen MR) is 69.2 cm³/mol. The number of aromatic nitrogens is 2. The molecule has 5 nitrogen and oxygen atoms in total. The van der Waals surface area contributed by atoms with Gasteiger partial charge in [0.15, 0.2) is 0 Å². The normalized spacial score (nSPS) is 11.1. The van der Waals surface area contributed by atoms with Gasteiger partial charge in [0.2, 0.25) is 0 Å². The molecule has 1 heterocycles. The molecule has 0 saturated heterocycles. The van der Waals surface area contributed by atoms with Gasteiger partial charge < -0.3 is 21.0 Å². The van der Waals surface area contributed by atoms with Gasteiger partial charge in [-0.15, -0.1) is 0 Å². The predicted octanol–water partition coefficient (Wildman–Crippen LogP) is 0.337. The third-order valence-electron chi connectivity index (χ3n) is 2.73. The summed E-state index contributed by atoms with van der Waals surface area (Å²) in [6.45, 7) is 2.61. The van der Waals surface area contributed by atoms with Gasteiger partial charge in [-0.2, -0.15) is 0 Å². The van der Waals surface area contributed by atoms with Crippen molar-refractivity contribution in [3.05, 3.63) is 34.2 Å². The van der Waals surface area contributed by atoms with E-state index in [0.29, 0.717) is 0 Å². The molecule has 0 amide bonds. The fraction of sp³-hybridized carbons (Fsp3) is 0.417. The van der Waals surface area contributed by atoms with Gasteiger partial charge >= 0.3 is 5.69 Å². The highest BCUT2D eigenvalue weighted by Gasteiger charge is 1.99. The minimum atomic E-state index is -0.154. The lowest BCUT2D eigenvalue weighted by molar-refractivity contribution is 0.653. The number of benzene rings is 1. The molecule has 0 atom stereocenters. The fourth-order valence-electron chi connectivity index (χ4n) is 1.82. The Morgan fingerprint density at radius 2 is 2.00 bits per heavy atom. The summed E-state index contributed by atoms with van der Waals surface area (Å²) >= 11 is 0. The van der Waals surface area contributed by atoms with Gasteiger partial charge in [0.1, 0.15) is 0 Å². The van der Waals surface area contributed by atoms with E-state index in [4.69, 9.17) is 5.73 Å². The fourth-order valence-corrected chi connectivity index (χ4v) is 1.82. The summed E-state index contributed by atoms with van der Waals surface area (Å²) in [6, 6.07) is 5.98. The first-order chi connectivity index (χ1) is 8.29. The molecule has 0 saturated carbocycles. The van der Waals surface area contributed by atoms with Gasteiger partial charge in [0.05, 0.1) is 11.0 Å². The number of nitrogens with one attached hydrogen (secondary N) is 3. The Morgan fingerprint density at radius 3 is 2.82 bits per heavy atom. The number of rotatable bonds is 6. The number of imidazole rings is 1. The SMILES string of the molecule is NCCCNCCc1ccc2[nH]c(=O)[nH]c2c1. The average Bonchev–Trinajstić information content (AvgIpc) is 2.68. The second-order valence-corrected chi connectivity index (χ2v) is 4.10. The molecule has 0 bridgehead atoms. The van der Waals surface area contributed by atoms with Gasteiger partial charge in [-0.1, -0.05) is 6.07 Å². The first kappa shape index (κ1) is 11.9. The highest BCUT2D eigenvalue weighted by atomic mass is 16.1. The molecule has 0 spiro atoms. The third kappa shape index (κ3) is 3.18. The van der Waals surface area contributed by atoms with Crippen LogP contribution in [-0.2, 0) is 6.42 Å². The van der Waals surface area contributed by atoms with Crippen molar-refractivity contribution in [2.24, 2.45) is 5.73 Å². The van der Waals surface area contributed by atoms with Crippen LogP contribution in [0, 0.1) is 0 Å². The summed E-state index contributed by atoms with van der Waals surface area (Å²) < 4.78 is 0. The van der Waals surface area contributed by atoms with Crippen molar-refractivity contribution in [1.29, 1.82) is 0 Å². The van der Waals surface area contributed by atoms with E-state index in [1.54, 1.807) is 0 Å². The van der Waals surface area contributed by atoms with Crippen LogP contribution in [0.3, 0.4) is 0 Å². The Kier molecular flexibility index (Phi) is 3.95. The Labute approximate surface area is 99.4 Å². The molecule has 17 heavy (non-hydrogen) atoms. The van der Waals surface area contributed by atoms with Crippen molar-refractivity contribution in [2.75, 3.05) is 19.6 Å². The van der Waals surface area contributed by atoms with E-state index in [-0.39, 0.29) is 5.69 Å². The molecule has 1 aromatic carbocycles. The molecule has 0 fully saturated rings. The highest BCUT2D eigenvalue weighted by Crippen LogP contribution is 2.10. The molecule has 2 aromatic rings. The third-order valence-corrected chi connectivity index (χ3v) is 2.73. The first-order valence-corrected chi connectivity index (χ1v) is 5.91. The Bertz CT molecular complexity index is 529. The van der Waals surface area contributed by atoms with Crippen LogP contribution in [0.1, 0.15) is 12.0 Å². The number of aromatic amines is 2. The summed E-state index contributed by atoms with van der Waals surface area (Å²) in [5.41, 5.74) is 8.20. The van der Waals surface area contributed by atoms with Crippen LogP contribution in [0.15, 0.2) is 23.0 Å². The zero-order valence-electron chi connectivity index (χ0n) is 9.75. The quantitative estimate of drug-likeness (QED) is 0.543. The number of hydrogen-bond donors (Lipinski definition) is 4. The molecule has 92 valence electrons. The van der Waals surface area contributed by atoms with Crippen LogP contribution in [0.25, 0.3) is 11.0 Å². The molecule has 2 rings (SSSR count). The van der Waals surface area contributed by atoms with Crippen LogP contribution in [-0.4, -0.2) is 29.6 Å². The van der Waals surface area contributed by atoms with Gasteiger partial charge in [-0.25, -0.2) is 4.79 Å². The number of nitrogens with two attached hydrogens (primary N) is 1. The summed E-state index contributed by atoms with van der Waals surface area (Å²) in [6.07, 6.45) is 1.96. The molecule has 1 aromatic heterocycles. The van der Waals surface area contributed by atoms with Crippen LogP contribution in [0.4, 0.5) is 0 Å². The topological polar surface area (TPSA) is 86.7 Å². The summed E-state index contributed by atoms with van der Waals surface area (Å²) in [5, 5.41) is 3.33. The molecule has 5 N–H and O–H groups in total. The zero-order chi connectivity index (χ0) is 12.1. The van der Waals surface area contributed by atoms with E-state index in [1.807, 2.05) is 18.2 Å². The second kappa shape index (κ2) is 5.65. The van der Waals surface area contributed by atoms with Gasteiger partial charge in [0.25, 0.3) is 0 Å². The minimum Gasteiger partial charge on any atom is -0.330 e. The smallest absolute Gasteiger partial charge is 0.323 e. The van der Waals surface area contributed by atoms with E-state index in [0.717, 1.165) is 43.5 Å². The number of fused-ring (bicyclic) bond motifs is 1. The Morgan fingerprint density at radius 1 is 1.18 bits per heavy atom. The summed E-state index contributed by atoms with van der Waals surface area (Å²) in [4.78, 5) is 16.6. The van der Waals surface area contributed by atoms with Crippen molar-refractivity contribution in [2.45, 2.75) is 12.8 Å². The zero-order valence-corrected chi connectivity index (χ0v) is 9.75. The van der Waals surface area contributed by atoms with E-state index < -0.39 is 0 Å². The Hall–Kier alpha value is -1.59. The number of H-pyrrole nitrogens is 2. The molecule has 5 heteroatoms. The lowest BCUT2D eigenvalue weighted by atomic mass is 10.1. The maximum atomic E-state index is 11.1. The second-order valence-electron chi connectivity index (χ2n) is 4.10. The summed E-state index contributed by atoms with van der Waals surface area (Å²) in [7, 11) is 0. The monoisotopic (exact) mass is 234 g/mol. The van der Waals surface area contributed by atoms with Crippen LogP contribution < -0.4 is 16.7 Å². The minimum absolute atomic E-state index is 0.154. The maximum Gasteiger partial charge on any atom is 0.323 e. The molecular weight excluding hydrogens is 216 g/mol. The van der Waals surface area contributed by atoms with Crippen molar-refractivity contribution in [3.8, 4) is 0 Å². The average molecular weight is 234 g/mol. The van der Waals surface area contributed by atoms with Crippen molar-refractivity contribution < 1.29 is 0 Å². The molecule has 0 aliphatic heterocycles. The first-order valence-electron chi connectivity index (χ1n) is 5.91. The standard InChI is InChI=1S/C12H18N4O/c13-5-1-6-14-7-4-9-2-3-10-11(8-9)16-12(17)15-10/h2-3,8,14H,1,4-7,13H2,(H2,15,16,17). The van der Waals surface area contributed by atoms with Crippen LogP contribution in [0.2, 0.25) is 0 Å². The molecule has 0 unspecified atom stereocenters. The lowest BCUT2D eigenvalue weighted by Gasteiger charge is -2.04. The summed E-state index contributed by atoms with van der Waals surface area (Å²) in [5.74, 6) is 0. The largest absolute Gasteiger partial charge is 0.330 e. The molecule has 0 aliphatic rings. The van der Waals surface area contributed by atoms with Gasteiger partial charge in [-0.05, 0) is 50.2 Å². The lowest BCUT2D eigenvalue weighted by Crippen LogP contribution is -2.20. The van der Waals surface area contributed by atoms with Gasteiger partial charge in [0, 0.05) is 0 Å². The van der Waals surface area contributed by atoms with Crippen LogP contribution >= 0.6 is 0 Å². The molecular formula is C12H18N4O. The Balaban J connectivity index is 1.92. The van der Waals surface area contributed by atoms with Gasteiger partial charge in [-0.3, -0.25) is 0 Å². The van der Waals surface area contributed by atoms with E-state index in [1.165, 1.54) is 5.56 Å². The van der Waals surface area contributed by atoms with Crippen LogP contribution in [0.5, 0.6) is 0 Å². The van der Waals surface area contributed by atoms with E-state index in [9.17, 15) is 4.79 Å². The highest BCUT2D eigenvalue weighted by molar-refractivity contribution is 5.74. The van der Waals surface area contributed by atoms with Crippen molar-refractivity contribution in [3.63, 3.8) is 0 Å². The van der Waals surface area contributed by atoms with Crippen molar-refractivity contribution in [1.82, 2.24) is 15.3 Å². The maximum absolute atomic E-state index is 11.1. The molecule has 0 aliphatic carbocycles. The molecule has 0 radical (unpaired) electrons. The number of hydrogen-bond acceptors (Lipinski definition) is 3. The van der Waals surface area contributed by atoms with Crippen molar-refractivity contribution >= 4 is 11.0 Å². The van der Waals surface area contributed by atoms with E-state index in [2.05, 4.69) is 15.3 Å².